The van der Waals surface area contributed by atoms with Crippen molar-refractivity contribution in [1.82, 2.24) is 10.6 Å². The minimum absolute atomic E-state index is 0.191. The van der Waals surface area contributed by atoms with Gasteiger partial charge in [-0.05, 0) is 29.8 Å². The Kier molecular flexibility index (Phi) is 6.09. The van der Waals surface area contributed by atoms with Crippen molar-refractivity contribution >= 4 is 17.6 Å². The van der Waals surface area contributed by atoms with Gasteiger partial charge < -0.3 is 25.4 Å². The number of anilines is 1. The predicted molar refractivity (Wildman–Crippen MR) is 97.3 cm³/mol. The smallest absolute Gasteiger partial charge is 0.315 e. The molecule has 0 bridgehead atoms. The number of halogens is 1. The Balaban J connectivity index is 1.43. The highest BCUT2D eigenvalue weighted by molar-refractivity contribution is 5.94. The molecule has 7 nitrogen and oxygen atoms in total. The van der Waals surface area contributed by atoms with E-state index in [1.54, 1.807) is 30.3 Å². The maximum atomic E-state index is 12.8. The molecular formula is C19H20FN3O4. The van der Waals surface area contributed by atoms with E-state index in [2.05, 4.69) is 16.0 Å². The van der Waals surface area contributed by atoms with Crippen LogP contribution in [-0.4, -0.2) is 31.7 Å². The van der Waals surface area contributed by atoms with Gasteiger partial charge in [-0.2, -0.15) is 0 Å². The normalized spacial score (nSPS) is 12.6. The molecule has 0 radical (unpaired) electrons. The lowest BCUT2D eigenvalue weighted by molar-refractivity contribution is -0.115. The Labute approximate surface area is 155 Å². The Morgan fingerprint density at radius 2 is 1.70 bits per heavy atom. The van der Waals surface area contributed by atoms with Gasteiger partial charge in [0.15, 0.2) is 11.5 Å². The van der Waals surface area contributed by atoms with Crippen molar-refractivity contribution in [2.24, 2.45) is 0 Å². The maximum absolute atomic E-state index is 12.8. The van der Waals surface area contributed by atoms with Crippen molar-refractivity contribution in [2.45, 2.75) is 13.0 Å². The van der Waals surface area contributed by atoms with Gasteiger partial charge >= 0.3 is 6.03 Å². The zero-order valence-electron chi connectivity index (χ0n) is 14.6. The molecule has 3 amide bonds. The van der Waals surface area contributed by atoms with Gasteiger partial charge in [0.1, 0.15) is 5.82 Å². The summed E-state index contributed by atoms with van der Waals surface area (Å²) in [5, 5.41) is 7.75. The fourth-order valence-electron chi connectivity index (χ4n) is 2.45. The third kappa shape index (κ3) is 5.60. The minimum atomic E-state index is -0.492. The number of hydrogen-bond acceptors (Lipinski definition) is 4. The van der Waals surface area contributed by atoms with Crippen LogP contribution >= 0.6 is 0 Å². The first-order valence-corrected chi connectivity index (χ1v) is 8.56. The van der Waals surface area contributed by atoms with E-state index in [4.69, 9.17) is 9.47 Å². The zero-order valence-corrected chi connectivity index (χ0v) is 14.6. The summed E-state index contributed by atoms with van der Waals surface area (Å²) in [5.41, 5.74) is 1.31. The molecule has 0 saturated carbocycles. The first kappa shape index (κ1) is 18.5. The Morgan fingerprint density at radius 1 is 0.963 bits per heavy atom. The molecule has 1 aliphatic heterocycles. The molecule has 8 heteroatoms. The van der Waals surface area contributed by atoms with E-state index in [0.29, 0.717) is 30.4 Å². The molecule has 0 spiro atoms. The van der Waals surface area contributed by atoms with Crippen LogP contribution in [0.4, 0.5) is 14.9 Å². The number of carbonyl (C=O) groups is 2. The third-order valence-corrected chi connectivity index (χ3v) is 3.81. The zero-order chi connectivity index (χ0) is 19.1. The molecule has 0 aliphatic carbocycles. The average Bonchev–Trinajstić information content (AvgIpc) is 2.91. The van der Waals surface area contributed by atoms with Gasteiger partial charge in [0.05, 0.1) is 19.8 Å². The van der Waals surface area contributed by atoms with E-state index in [1.165, 1.54) is 12.1 Å². The van der Waals surface area contributed by atoms with Crippen LogP contribution in [0, 0.1) is 5.82 Å². The number of nitrogens with one attached hydrogen (secondary N) is 3. The maximum Gasteiger partial charge on any atom is 0.315 e. The van der Waals surface area contributed by atoms with Crippen LogP contribution in [0.1, 0.15) is 12.0 Å². The fraction of sp³-hybridized carbons (Fsp3) is 0.263. The highest BCUT2D eigenvalue weighted by Crippen LogP contribution is 2.32. The third-order valence-electron chi connectivity index (χ3n) is 3.81. The van der Waals surface area contributed by atoms with Crippen molar-refractivity contribution in [3.8, 4) is 11.5 Å². The van der Waals surface area contributed by atoms with Crippen molar-refractivity contribution in [3.05, 3.63) is 53.8 Å². The molecule has 2 aromatic rings. The molecule has 3 rings (SSSR count). The number of carbonyl (C=O) groups excluding carboxylic acids is 2. The van der Waals surface area contributed by atoms with Crippen LogP contribution in [0.25, 0.3) is 0 Å². The summed E-state index contributed by atoms with van der Waals surface area (Å²) in [4.78, 5) is 23.8. The number of benzene rings is 2. The molecule has 0 aromatic heterocycles. The number of fused-ring (bicyclic) bond motifs is 1. The van der Waals surface area contributed by atoms with E-state index in [0.717, 1.165) is 12.0 Å². The second-order valence-corrected chi connectivity index (χ2v) is 5.92. The number of urea groups is 1. The van der Waals surface area contributed by atoms with Gasteiger partial charge in [-0.25, -0.2) is 9.18 Å². The summed E-state index contributed by atoms with van der Waals surface area (Å²) < 4.78 is 23.9. The topological polar surface area (TPSA) is 88.7 Å². The lowest BCUT2D eigenvalue weighted by Crippen LogP contribution is -2.39. The van der Waals surface area contributed by atoms with Crippen LogP contribution in [-0.2, 0) is 11.3 Å². The molecule has 27 heavy (non-hydrogen) atoms. The van der Waals surface area contributed by atoms with Crippen LogP contribution in [0.5, 0.6) is 11.5 Å². The fourth-order valence-corrected chi connectivity index (χ4v) is 2.45. The largest absolute Gasteiger partial charge is 0.490 e. The lowest BCUT2D eigenvalue weighted by atomic mass is 10.2. The highest BCUT2D eigenvalue weighted by Gasteiger charge is 2.12. The molecule has 0 saturated heterocycles. The van der Waals surface area contributed by atoms with E-state index < -0.39 is 6.03 Å². The van der Waals surface area contributed by atoms with E-state index in [9.17, 15) is 14.0 Å². The number of hydrogen-bond donors (Lipinski definition) is 3. The summed E-state index contributed by atoms with van der Waals surface area (Å²) in [5.74, 6) is 0.509. The number of ether oxygens (including phenoxy) is 2. The highest BCUT2D eigenvalue weighted by atomic mass is 19.1. The Bertz CT molecular complexity index is 811. The summed E-state index contributed by atoms with van der Waals surface area (Å²) in [6.07, 6.45) is 0.799. The summed E-state index contributed by atoms with van der Waals surface area (Å²) in [6.45, 7) is 1.19. The van der Waals surface area contributed by atoms with Crippen molar-refractivity contribution < 1.29 is 23.5 Å². The second-order valence-electron chi connectivity index (χ2n) is 5.92. The van der Waals surface area contributed by atoms with Gasteiger partial charge in [0.25, 0.3) is 0 Å². The average molecular weight is 373 g/mol. The predicted octanol–water partition coefficient (Wildman–Crippen LogP) is 2.42. The van der Waals surface area contributed by atoms with Gasteiger partial charge in [-0.15, -0.1) is 0 Å². The second kappa shape index (κ2) is 8.88. The van der Waals surface area contributed by atoms with Crippen molar-refractivity contribution in [1.29, 1.82) is 0 Å². The van der Waals surface area contributed by atoms with Crippen LogP contribution in [0.2, 0.25) is 0 Å². The number of amides is 3. The van der Waals surface area contributed by atoms with Gasteiger partial charge in [-0.1, -0.05) is 12.1 Å². The SMILES string of the molecule is O=C(CNC(=O)NCc1ccc(F)cc1)Nc1ccc2c(c1)OCCCO2. The van der Waals surface area contributed by atoms with Crippen LogP contribution in [0.15, 0.2) is 42.5 Å². The standard InChI is InChI=1S/C19H20FN3O4/c20-14-4-2-13(3-5-14)11-21-19(25)22-12-18(24)23-15-6-7-16-17(10-15)27-9-1-8-26-16/h2-7,10H,1,8-9,11-12H2,(H,23,24)(H2,21,22,25). The summed E-state index contributed by atoms with van der Waals surface area (Å²) >= 11 is 0. The lowest BCUT2D eigenvalue weighted by Gasteiger charge is -2.11. The molecule has 0 unspecified atom stereocenters. The van der Waals surface area contributed by atoms with Gasteiger partial charge in [-0.3, -0.25) is 4.79 Å². The molecule has 0 atom stereocenters. The van der Waals surface area contributed by atoms with Crippen molar-refractivity contribution in [3.63, 3.8) is 0 Å². The summed E-state index contributed by atoms with van der Waals surface area (Å²) in [6, 6.07) is 10.4. The molecular weight excluding hydrogens is 353 g/mol. The first-order chi connectivity index (χ1) is 13.1. The molecule has 2 aromatic carbocycles. The monoisotopic (exact) mass is 373 g/mol. The Morgan fingerprint density at radius 3 is 2.48 bits per heavy atom. The van der Waals surface area contributed by atoms with E-state index in [1.807, 2.05) is 0 Å². The molecule has 1 heterocycles. The molecule has 142 valence electrons. The van der Waals surface area contributed by atoms with E-state index in [-0.39, 0.29) is 24.8 Å². The molecule has 1 aliphatic rings. The van der Waals surface area contributed by atoms with Gasteiger partial charge in [0.2, 0.25) is 5.91 Å². The molecule has 0 fully saturated rings. The first-order valence-electron chi connectivity index (χ1n) is 8.56. The number of rotatable bonds is 5. The Hall–Kier alpha value is -3.29. The van der Waals surface area contributed by atoms with Crippen LogP contribution < -0.4 is 25.4 Å². The van der Waals surface area contributed by atoms with E-state index >= 15 is 0 Å². The quantitative estimate of drug-likeness (QED) is 0.751. The minimum Gasteiger partial charge on any atom is -0.490 e. The van der Waals surface area contributed by atoms with Gasteiger partial charge in [0, 0.05) is 24.7 Å². The summed E-state index contributed by atoms with van der Waals surface area (Å²) in [7, 11) is 0. The molecule has 3 N–H and O–H groups in total. The van der Waals surface area contributed by atoms with Crippen LogP contribution in [0.3, 0.4) is 0 Å². The van der Waals surface area contributed by atoms with Crippen molar-refractivity contribution in [2.75, 3.05) is 25.1 Å².